The second-order valence-electron chi connectivity index (χ2n) is 3.41. The summed E-state index contributed by atoms with van der Waals surface area (Å²) in [6.45, 7) is 4.23. The van der Waals surface area contributed by atoms with Gasteiger partial charge in [-0.25, -0.2) is 0 Å². The van der Waals surface area contributed by atoms with Crippen LogP contribution >= 0.6 is 15.9 Å². The van der Waals surface area contributed by atoms with Gasteiger partial charge in [0.25, 0.3) is 5.56 Å². The molecule has 1 atom stereocenters. The van der Waals surface area contributed by atoms with Crippen LogP contribution in [0.15, 0.2) is 21.5 Å². The van der Waals surface area contributed by atoms with Crippen molar-refractivity contribution in [3.8, 4) is 0 Å². The van der Waals surface area contributed by atoms with Gasteiger partial charge in [0.05, 0.1) is 10.6 Å². The molecule has 84 valence electrons. The van der Waals surface area contributed by atoms with Crippen LogP contribution in [-0.2, 0) is 11.5 Å². The van der Waals surface area contributed by atoms with Crippen molar-refractivity contribution in [2.24, 2.45) is 0 Å². The van der Waals surface area contributed by atoms with Gasteiger partial charge in [-0.05, 0) is 35.3 Å². The van der Waals surface area contributed by atoms with E-state index in [0.29, 0.717) is 10.2 Å². The summed E-state index contributed by atoms with van der Waals surface area (Å²) in [7, 11) is 0. The number of anilines is 1. The Morgan fingerprint density at radius 2 is 2.33 bits per heavy atom. The molecule has 0 saturated heterocycles. The van der Waals surface area contributed by atoms with E-state index in [0.717, 1.165) is 6.42 Å². The number of halogens is 1. The van der Waals surface area contributed by atoms with E-state index in [9.17, 15) is 4.79 Å². The maximum atomic E-state index is 11.6. The van der Waals surface area contributed by atoms with Crippen molar-refractivity contribution in [1.82, 2.24) is 4.57 Å². The molecule has 0 aliphatic carbocycles. The number of pyridine rings is 1. The molecule has 0 aliphatic heterocycles. The third kappa shape index (κ3) is 3.35. The first kappa shape index (κ1) is 12.3. The summed E-state index contributed by atoms with van der Waals surface area (Å²) in [5.74, 6) is 0. The molecule has 1 unspecified atom stereocenters. The molecule has 0 amide bonds. The lowest BCUT2D eigenvalue weighted by molar-refractivity contribution is 0.0143. The number of aromatic nitrogens is 1. The van der Waals surface area contributed by atoms with E-state index >= 15 is 0 Å². The van der Waals surface area contributed by atoms with Gasteiger partial charge in [0.1, 0.15) is 6.73 Å². The zero-order chi connectivity index (χ0) is 11.4. The van der Waals surface area contributed by atoms with Crippen LogP contribution in [-0.4, -0.2) is 10.7 Å². The molecular formula is C10H15BrN2O2. The summed E-state index contributed by atoms with van der Waals surface area (Å²) in [6, 6.07) is 1.59. The second-order valence-corrected chi connectivity index (χ2v) is 4.27. The van der Waals surface area contributed by atoms with Gasteiger partial charge in [0, 0.05) is 11.9 Å². The topological polar surface area (TPSA) is 57.2 Å². The van der Waals surface area contributed by atoms with E-state index in [2.05, 4.69) is 15.9 Å². The molecule has 2 N–H and O–H groups in total. The molecular weight excluding hydrogens is 260 g/mol. The van der Waals surface area contributed by atoms with Crippen molar-refractivity contribution in [2.45, 2.75) is 33.1 Å². The summed E-state index contributed by atoms with van der Waals surface area (Å²) >= 11 is 3.15. The van der Waals surface area contributed by atoms with Gasteiger partial charge < -0.3 is 10.5 Å². The lowest BCUT2D eigenvalue weighted by Gasteiger charge is -2.12. The average Bonchev–Trinajstić information content (AvgIpc) is 2.20. The van der Waals surface area contributed by atoms with E-state index in [-0.39, 0.29) is 18.4 Å². The van der Waals surface area contributed by atoms with Crippen LogP contribution in [0.3, 0.4) is 0 Å². The smallest absolute Gasteiger partial charge is 0.266 e. The third-order valence-electron chi connectivity index (χ3n) is 2.14. The molecule has 0 aromatic carbocycles. The number of rotatable bonds is 4. The number of nitrogens with zero attached hydrogens (tertiary/aromatic N) is 1. The van der Waals surface area contributed by atoms with Crippen molar-refractivity contribution in [3.63, 3.8) is 0 Å². The number of nitrogen functional groups attached to an aromatic ring is 1. The van der Waals surface area contributed by atoms with Crippen molar-refractivity contribution in [1.29, 1.82) is 0 Å². The van der Waals surface area contributed by atoms with Crippen molar-refractivity contribution in [2.75, 3.05) is 5.73 Å². The largest absolute Gasteiger partial charge is 0.398 e. The number of hydrogen-bond donors (Lipinski definition) is 1. The first-order chi connectivity index (χ1) is 7.04. The van der Waals surface area contributed by atoms with Gasteiger partial charge in [0.15, 0.2) is 0 Å². The summed E-state index contributed by atoms with van der Waals surface area (Å²) in [5, 5.41) is 0. The summed E-state index contributed by atoms with van der Waals surface area (Å²) < 4.78 is 7.36. The minimum absolute atomic E-state index is 0.132. The summed E-state index contributed by atoms with van der Waals surface area (Å²) in [4.78, 5) is 11.6. The first-order valence-electron chi connectivity index (χ1n) is 4.81. The standard InChI is InChI=1S/C10H15BrN2O2/c1-3-7(2)15-6-13-5-8(12)4-9(11)10(13)14/h4-5,7H,3,6,12H2,1-2H3. The Hall–Kier alpha value is -0.810. The Balaban J connectivity index is 2.81. The lowest BCUT2D eigenvalue weighted by Crippen LogP contribution is -2.23. The summed E-state index contributed by atoms with van der Waals surface area (Å²) in [5.41, 5.74) is 6.03. The molecule has 1 aromatic heterocycles. The van der Waals surface area contributed by atoms with Crippen LogP contribution in [0.5, 0.6) is 0 Å². The zero-order valence-corrected chi connectivity index (χ0v) is 10.5. The normalized spacial score (nSPS) is 12.7. The van der Waals surface area contributed by atoms with Gasteiger partial charge in [-0.15, -0.1) is 0 Å². The molecule has 15 heavy (non-hydrogen) atoms. The van der Waals surface area contributed by atoms with Gasteiger partial charge in [0.2, 0.25) is 0 Å². The van der Waals surface area contributed by atoms with Crippen molar-refractivity contribution in [3.05, 3.63) is 27.1 Å². The molecule has 5 heteroatoms. The Bertz CT molecular complexity index is 389. The van der Waals surface area contributed by atoms with E-state index in [1.54, 1.807) is 12.3 Å². The summed E-state index contributed by atoms with van der Waals surface area (Å²) in [6.07, 6.45) is 2.63. The maximum absolute atomic E-state index is 11.6. The van der Waals surface area contributed by atoms with E-state index in [1.807, 2.05) is 13.8 Å². The Labute approximate surface area is 97.2 Å². The highest BCUT2D eigenvalue weighted by molar-refractivity contribution is 9.10. The monoisotopic (exact) mass is 274 g/mol. The fourth-order valence-corrected chi connectivity index (χ4v) is 1.53. The minimum atomic E-state index is -0.132. The highest BCUT2D eigenvalue weighted by Gasteiger charge is 2.04. The molecule has 1 heterocycles. The molecule has 1 aromatic rings. The molecule has 4 nitrogen and oxygen atoms in total. The van der Waals surface area contributed by atoms with Gasteiger partial charge in [-0.2, -0.15) is 0 Å². The SMILES string of the molecule is CCC(C)OCn1cc(N)cc(Br)c1=O. The predicted octanol–water partition coefficient (Wildman–Crippen LogP) is 1.97. The van der Waals surface area contributed by atoms with Crippen LogP contribution in [0.2, 0.25) is 0 Å². The fourth-order valence-electron chi connectivity index (χ4n) is 1.04. The molecule has 0 saturated carbocycles. The van der Waals surface area contributed by atoms with Crippen LogP contribution < -0.4 is 11.3 Å². The first-order valence-corrected chi connectivity index (χ1v) is 5.61. The second kappa shape index (κ2) is 5.32. The van der Waals surface area contributed by atoms with Crippen molar-refractivity contribution >= 4 is 21.6 Å². The van der Waals surface area contributed by atoms with Crippen LogP contribution in [0.25, 0.3) is 0 Å². The number of hydrogen-bond acceptors (Lipinski definition) is 3. The fraction of sp³-hybridized carbons (Fsp3) is 0.500. The van der Waals surface area contributed by atoms with Gasteiger partial charge in [-0.3, -0.25) is 9.36 Å². The van der Waals surface area contributed by atoms with Crippen LogP contribution in [0.1, 0.15) is 20.3 Å². The van der Waals surface area contributed by atoms with Gasteiger partial charge >= 0.3 is 0 Å². The number of ether oxygens (including phenoxy) is 1. The van der Waals surface area contributed by atoms with Crippen LogP contribution in [0.4, 0.5) is 5.69 Å². The molecule has 0 fully saturated rings. The lowest BCUT2D eigenvalue weighted by atomic mass is 10.3. The molecule has 0 spiro atoms. The molecule has 0 radical (unpaired) electrons. The van der Waals surface area contributed by atoms with E-state index in [1.165, 1.54) is 4.57 Å². The molecule has 0 aliphatic rings. The predicted molar refractivity (Wildman–Crippen MR) is 63.7 cm³/mol. The molecule has 0 bridgehead atoms. The molecule has 1 rings (SSSR count). The number of nitrogens with two attached hydrogens (primary N) is 1. The Morgan fingerprint density at radius 3 is 2.93 bits per heavy atom. The third-order valence-corrected chi connectivity index (χ3v) is 2.70. The van der Waals surface area contributed by atoms with Gasteiger partial charge in [-0.1, -0.05) is 6.92 Å². The van der Waals surface area contributed by atoms with E-state index in [4.69, 9.17) is 10.5 Å². The minimum Gasteiger partial charge on any atom is -0.398 e. The maximum Gasteiger partial charge on any atom is 0.266 e. The zero-order valence-electron chi connectivity index (χ0n) is 8.87. The van der Waals surface area contributed by atoms with E-state index < -0.39 is 0 Å². The average molecular weight is 275 g/mol. The highest BCUT2D eigenvalue weighted by Crippen LogP contribution is 2.08. The Kier molecular flexibility index (Phi) is 4.35. The Morgan fingerprint density at radius 1 is 1.67 bits per heavy atom. The van der Waals surface area contributed by atoms with Crippen molar-refractivity contribution < 1.29 is 4.74 Å². The quantitative estimate of drug-likeness (QED) is 0.913. The highest BCUT2D eigenvalue weighted by atomic mass is 79.9. The van der Waals surface area contributed by atoms with Crippen LogP contribution in [0, 0.1) is 0 Å².